The molecule has 0 unspecified atom stereocenters. The molecule has 0 bridgehead atoms. The van der Waals surface area contributed by atoms with Crippen molar-refractivity contribution in [3.05, 3.63) is 11.2 Å². The third-order valence-corrected chi connectivity index (χ3v) is 5.27. The number of hydrogen-bond acceptors (Lipinski definition) is 5. The van der Waals surface area contributed by atoms with Crippen LogP contribution in [0.15, 0.2) is 16.4 Å². The minimum Gasteiger partial charge on any atom is -0.409 e. The molecule has 0 atom stereocenters. The smallest absolute Gasteiger partial charge is 0.260 e. The Labute approximate surface area is 122 Å². The van der Waals surface area contributed by atoms with E-state index in [1.54, 1.807) is 13.8 Å². The fraction of sp³-hybridized carbons (Fsp3) is 0.600. The van der Waals surface area contributed by atoms with Crippen LogP contribution in [0.1, 0.15) is 26.7 Å². The Morgan fingerprint density at radius 3 is 2.50 bits per heavy atom. The van der Waals surface area contributed by atoms with E-state index in [0.717, 1.165) is 4.68 Å². The van der Waals surface area contributed by atoms with E-state index < -0.39 is 15.6 Å². The van der Waals surface area contributed by atoms with Crippen molar-refractivity contribution in [1.29, 1.82) is 0 Å². The molecule has 8 nitrogen and oxygen atoms in total. The Hall–Kier alpha value is -1.32. The number of nitrogens with zero attached hydrogens (tertiary/aromatic N) is 3. The quantitative estimate of drug-likeness (QED) is 0.307. The highest BCUT2D eigenvalue weighted by molar-refractivity contribution is 7.89. The van der Waals surface area contributed by atoms with Crippen LogP contribution in [0.3, 0.4) is 0 Å². The van der Waals surface area contributed by atoms with E-state index in [9.17, 15) is 8.42 Å². The first kappa shape index (κ1) is 16.7. The van der Waals surface area contributed by atoms with E-state index in [1.807, 2.05) is 0 Å². The van der Waals surface area contributed by atoms with Crippen LogP contribution in [0, 0.1) is 0 Å². The van der Waals surface area contributed by atoms with Crippen molar-refractivity contribution >= 4 is 27.5 Å². The van der Waals surface area contributed by atoms with Crippen LogP contribution in [-0.4, -0.2) is 34.8 Å². The maximum absolute atomic E-state index is 12.4. The molecule has 0 aromatic carbocycles. The summed E-state index contributed by atoms with van der Waals surface area (Å²) in [6, 6.07) is 0. The van der Waals surface area contributed by atoms with Crippen molar-refractivity contribution in [2.45, 2.75) is 37.3 Å². The molecule has 10 heteroatoms. The highest BCUT2D eigenvalue weighted by Crippen LogP contribution is 2.24. The molecule has 0 saturated carbocycles. The molecule has 1 heterocycles. The van der Waals surface area contributed by atoms with Gasteiger partial charge in [0.2, 0.25) is 0 Å². The molecule has 0 amide bonds. The Morgan fingerprint density at radius 1 is 1.60 bits per heavy atom. The van der Waals surface area contributed by atoms with Gasteiger partial charge in [0.1, 0.15) is 0 Å². The summed E-state index contributed by atoms with van der Waals surface area (Å²) in [4.78, 5) is 0. The third kappa shape index (κ3) is 2.89. The first-order valence-electron chi connectivity index (χ1n) is 5.93. The molecular weight excluding hydrogens is 306 g/mol. The molecule has 0 saturated heterocycles. The van der Waals surface area contributed by atoms with E-state index in [4.69, 9.17) is 22.5 Å². The Morgan fingerprint density at radius 2 is 2.15 bits per heavy atom. The average Bonchev–Trinajstić information content (AvgIpc) is 2.75. The molecule has 0 aliphatic carbocycles. The summed E-state index contributed by atoms with van der Waals surface area (Å²) in [6.45, 7) is 3.46. The largest absolute Gasteiger partial charge is 0.409 e. The predicted molar refractivity (Wildman–Crippen MR) is 75.3 cm³/mol. The number of nitrogens with two attached hydrogens (primary N) is 1. The molecule has 1 aromatic rings. The molecular formula is C10H18ClN5O3S. The summed E-state index contributed by atoms with van der Waals surface area (Å²) < 4.78 is 28.5. The number of aryl methyl sites for hydroxylation is 1. The second-order valence-corrected chi connectivity index (χ2v) is 6.31. The second kappa shape index (κ2) is 5.98. The second-order valence-electron chi connectivity index (χ2n) is 4.30. The maximum atomic E-state index is 12.4. The zero-order valence-electron chi connectivity index (χ0n) is 11.5. The molecule has 0 fully saturated rings. The first-order chi connectivity index (χ1) is 9.24. The van der Waals surface area contributed by atoms with Gasteiger partial charge in [-0.3, -0.25) is 4.68 Å². The number of halogens is 1. The van der Waals surface area contributed by atoms with Gasteiger partial charge in [0.25, 0.3) is 10.0 Å². The molecule has 1 rings (SSSR count). The number of aromatic nitrogens is 2. The molecule has 0 spiro atoms. The van der Waals surface area contributed by atoms with Crippen molar-refractivity contribution in [3.8, 4) is 0 Å². The number of rotatable bonds is 6. The summed E-state index contributed by atoms with van der Waals surface area (Å²) in [5.41, 5.74) is 4.45. The van der Waals surface area contributed by atoms with E-state index in [0.29, 0.717) is 12.8 Å². The van der Waals surface area contributed by atoms with Crippen LogP contribution in [0.25, 0.3) is 0 Å². The average molecular weight is 324 g/mol. The van der Waals surface area contributed by atoms with Gasteiger partial charge in [-0.2, -0.15) is 9.82 Å². The number of oxime groups is 1. The monoisotopic (exact) mass is 323 g/mol. The van der Waals surface area contributed by atoms with Gasteiger partial charge in [0.05, 0.1) is 16.8 Å². The molecule has 114 valence electrons. The van der Waals surface area contributed by atoms with E-state index in [2.05, 4.69) is 15.0 Å². The summed E-state index contributed by atoms with van der Waals surface area (Å²) in [5.74, 6) is -0.204. The molecule has 0 aliphatic heterocycles. The highest BCUT2D eigenvalue weighted by atomic mass is 35.5. The van der Waals surface area contributed by atoms with E-state index in [-0.39, 0.29) is 15.9 Å². The van der Waals surface area contributed by atoms with Crippen molar-refractivity contribution in [1.82, 2.24) is 14.5 Å². The highest BCUT2D eigenvalue weighted by Gasteiger charge is 2.38. The van der Waals surface area contributed by atoms with Gasteiger partial charge in [-0.1, -0.05) is 30.6 Å². The topological polar surface area (TPSA) is 123 Å². The van der Waals surface area contributed by atoms with Crippen molar-refractivity contribution in [2.75, 3.05) is 0 Å². The van der Waals surface area contributed by atoms with Crippen LogP contribution in [0.5, 0.6) is 0 Å². The number of nitrogens with one attached hydrogen (secondary N) is 1. The fourth-order valence-corrected chi connectivity index (χ4v) is 4.09. The number of hydrogen-bond donors (Lipinski definition) is 3. The van der Waals surface area contributed by atoms with Crippen LogP contribution < -0.4 is 10.5 Å². The molecule has 0 radical (unpaired) electrons. The lowest BCUT2D eigenvalue weighted by Gasteiger charge is -2.30. The molecule has 4 N–H and O–H groups in total. The zero-order valence-corrected chi connectivity index (χ0v) is 13.0. The molecule has 1 aromatic heterocycles. The summed E-state index contributed by atoms with van der Waals surface area (Å²) in [7, 11) is -2.51. The normalized spacial score (nSPS) is 13.7. The van der Waals surface area contributed by atoms with Gasteiger partial charge < -0.3 is 10.9 Å². The van der Waals surface area contributed by atoms with Crippen LogP contribution >= 0.6 is 11.6 Å². The summed E-state index contributed by atoms with van der Waals surface area (Å²) >= 11 is 5.84. The maximum Gasteiger partial charge on any atom is 0.260 e. The minimum atomic E-state index is -3.97. The lowest BCUT2D eigenvalue weighted by molar-refractivity contribution is 0.307. The van der Waals surface area contributed by atoms with Gasteiger partial charge in [-0.05, 0) is 12.8 Å². The Kier molecular flexibility index (Phi) is 5.00. The lowest BCUT2D eigenvalue weighted by Crippen LogP contribution is -2.56. The van der Waals surface area contributed by atoms with Gasteiger partial charge >= 0.3 is 0 Å². The Bertz CT molecular complexity index is 587. The van der Waals surface area contributed by atoms with Crippen molar-refractivity contribution in [3.63, 3.8) is 0 Å². The van der Waals surface area contributed by atoms with Gasteiger partial charge in [-0.15, -0.1) is 0 Å². The summed E-state index contributed by atoms with van der Waals surface area (Å²) in [6.07, 6.45) is 1.86. The van der Waals surface area contributed by atoms with Crippen molar-refractivity contribution < 1.29 is 13.6 Å². The fourth-order valence-electron chi connectivity index (χ4n) is 1.91. The van der Waals surface area contributed by atoms with Gasteiger partial charge in [0, 0.05) is 7.05 Å². The number of amidine groups is 1. The van der Waals surface area contributed by atoms with Crippen LogP contribution in [0.4, 0.5) is 0 Å². The number of sulfonamides is 1. The third-order valence-electron chi connectivity index (χ3n) is 3.23. The van der Waals surface area contributed by atoms with Gasteiger partial charge in [0.15, 0.2) is 10.9 Å². The predicted octanol–water partition coefficient (Wildman–Crippen LogP) is 0.657. The summed E-state index contributed by atoms with van der Waals surface area (Å²) in [5, 5.41) is 15.4. The molecule has 0 aliphatic rings. The van der Waals surface area contributed by atoms with Gasteiger partial charge in [-0.25, -0.2) is 8.42 Å². The standard InChI is InChI=1S/C10H18ClN5O3S/c1-4-10(5-2,9(12)14-17)15-20(18,19)8-7(11)6-13-16(8)3/h6,15,17H,4-5H2,1-3H3,(H2,12,14). The first-order valence-corrected chi connectivity index (χ1v) is 7.79. The Balaban J connectivity index is 3.31. The van der Waals surface area contributed by atoms with E-state index >= 15 is 0 Å². The molecule has 20 heavy (non-hydrogen) atoms. The minimum absolute atomic E-state index is 0.000569. The van der Waals surface area contributed by atoms with Crippen LogP contribution in [-0.2, 0) is 17.1 Å². The van der Waals surface area contributed by atoms with Crippen molar-refractivity contribution in [2.24, 2.45) is 17.9 Å². The van der Waals surface area contributed by atoms with E-state index in [1.165, 1.54) is 13.2 Å². The van der Waals surface area contributed by atoms with Crippen LogP contribution in [0.2, 0.25) is 5.02 Å². The zero-order chi connectivity index (χ0) is 15.6. The SMILES string of the molecule is CCC(CC)(NS(=O)(=O)c1c(Cl)cnn1C)C(N)=NO. The lowest BCUT2D eigenvalue weighted by atomic mass is 9.93.